The van der Waals surface area contributed by atoms with Crippen LogP contribution < -0.4 is 5.73 Å². The van der Waals surface area contributed by atoms with Crippen LogP contribution >= 0.6 is 0 Å². The second kappa shape index (κ2) is 4.77. The average molecular weight is 193 g/mol. The Labute approximate surface area is 83.9 Å². The predicted octanol–water partition coefficient (Wildman–Crippen LogP) is 1.28. The second-order valence-corrected chi connectivity index (χ2v) is 3.21. The van der Waals surface area contributed by atoms with Gasteiger partial charge in [-0.15, -0.1) is 0 Å². The van der Waals surface area contributed by atoms with E-state index in [1.165, 1.54) is 0 Å². The molecule has 0 atom stereocenters. The molecule has 0 fully saturated rings. The van der Waals surface area contributed by atoms with Crippen LogP contribution in [0.4, 0.5) is 0 Å². The molecule has 0 aliphatic rings. The smallest absolute Gasteiger partial charge is 0.248 e. The van der Waals surface area contributed by atoms with Crippen molar-refractivity contribution in [3.63, 3.8) is 0 Å². The largest absolute Gasteiger partial charge is 0.384 e. The van der Waals surface area contributed by atoms with Crippen LogP contribution in [0.15, 0.2) is 18.2 Å². The summed E-state index contributed by atoms with van der Waals surface area (Å²) in [6, 6.07) is 5.56. The Bertz CT molecular complexity index is 334. The van der Waals surface area contributed by atoms with E-state index in [4.69, 9.17) is 10.5 Å². The van der Waals surface area contributed by atoms with E-state index in [-0.39, 0.29) is 5.91 Å². The third-order valence-electron chi connectivity index (χ3n) is 2.23. The molecule has 3 nitrogen and oxygen atoms in total. The minimum Gasteiger partial charge on any atom is -0.384 e. The lowest BCUT2D eigenvalue weighted by Crippen LogP contribution is -2.15. The van der Waals surface area contributed by atoms with Gasteiger partial charge in [0.25, 0.3) is 0 Å². The Kier molecular flexibility index (Phi) is 3.65. The molecule has 1 aromatic rings. The Hall–Kier alpha value is -1.35. The van der Waals surface area contributed by atoms with E-state index in [9.17, 15) is 4.79 Å². The number of carbonyl (C=O) groups excluding carboxylic acids is 1. The first-order chi connectivity index (χ1) is 6.66. The predicted molar refractivity (Wildman–Crippen MR) is 55.3 cm³/mol. The maximum Gasteiger partial charge on any atom is 0.248 e. The second-order valence-electron chi connectivity index (χ2n) is 3.21. The molecule has 0 saturated carbocycles. The number of methoxy groups -OCH3 is 1. The van der Waals surface area contributed by atoms with Gasteiger partial charge in [0.15, 0.2) is 0 Å². The highest BCUT2D eigenvalue weighted by Crippen LogP contribution is 2.14. The maximum atomic E-state index is 11.1. The van der Waals surface area contributed by atoms with Gasteiger partial charge in [-0.2, -0.15) is 0 Å². The fraction of sp³-hybridized carbons (Fsp3) is 0.364. The number of carbonyl (C=O) groups is 1. The van der Waals surface area contributed by atoms with E-state index in [1.807, 2.05) is 19.1 Å². The topological polar surface area (TPSA) is 52.3 Å². The van der Waals surface area contributed by atoms with Crippen molar-refractivity contribution in [1.29, 1.82) is 0 Å². The van der Waals surface area contributed by atoms with Gasteiger partial charge in [0.1, 0.15) is 0 Å². The summed E-state index contributed by atoms with van der Waals surface area (Å²) >= 11 is 0. The zero-order chi connectivity index (χ0) is 10.6. The van der Waals surface area contributed by atoms with Crippen molar-refractivity contribution in [2.24, 2.45) is 5.73 Å². The highest BCUT2D eigenvalue weighted by atomic mass is 16.5. The molecule has 1 amide bonds. The molecular weight excluding hydrogens is 178 g/mol. The molecule has 0 bridgehead atoms. The Morgan fingerprint density at radius 3 is 2.79 bits per heavy atom. The van der Waals surface area contributed by atoms with E-state index in [1.54, 1.807) is 13.2 Å². The van der Waals surface area contributed by atoms with Crippen LogP contribution in [0.1, 0.15) is 21.5 Å². The van der Waals surface area contributed by atoms with E-state index in [2.05, 4.69) is 0 Å². The number of aryl methyl sites for hydroxylation is 1. The summed E-state index contributed by atoms with van der Waals surface area (Å²) in [7, 11) is 1.64. The number of nitrogens with two attached hydrogens (primary N) is 1. The first kappa shape index (κ1) is 10.7. The molecule has 1 aromatic carbocycles. The molecule has 0 saturated heterocycles. The summed E-state index contributed by atoms with van der Waals surface area (Å²) < 4.78 is 4.98. The molecule has 0 spiro atoms. The van der Waals surface area contributed by atoms with Gasteiger partial charge in [-0.05, 0) is 30.5 Å². The summed E-state index contributed by atoms with van der Waals surface area (Å²) in [6.45, 7) is 2.57. The minimum atomic E-state index is -0.375. The van der Waals surface area contributed by atoms with Gasteiger partial charge in [-0.1, -0.05) is 12.1 Å². The lowest BCUT2D eigenvalue weighted by molar-refractivity contribution is 0.0999. The van der Waals surface area contributed by atoms with E-state index < -0.39 is 0 Å². The molecule has 76 valence electrons. The number of primary amides is 1. The lowest BCUT2D eigenvalue weighted by Gasteiger charge is -2.09. The lowest BCUT2D eigenvalue weighted by atomic mass is 9.99. The standard InChI is InChI=1S/C11H15NO2/c1-8-4-3-5-10(11(12)13)9(8)6-7-14-2/h3-5H,6-7H2,1-2H3,(H2,12,13). The Morgan fingerprint density at radius 1 is 1.50 bits per heavy atom. The summed E-state index contributed by atoms with van der Waals surface area (Å²) in [6.07, 6.45) is 0.724. The molecule has 0 aliphatic heterocycles. The highest BCUT2D eigenvalue weighted by Gasteiger charge is 2.09. The van der Waals surface area contributed by atoms with Crippen molar-refractivity contribution in [3.05, 3.63) is 34.9 Å². The molecule has 0 aliphatic carbocycles. The average Bonchev–Trinajstić information content (AvgIpc) is 2.15. The maximum absolute atomic E-state index is 11.1. The Balaban J connectivity index is 3.02. The van der Waals surface area contributed by atoms with Crippen LogP contribution in [0.25, 0.3) is 0 Å². The van der Waals surface area contributed by atoms with Crippen molar-refractivity contribution in [2.75, 3.05) is 13.7 Å². The molecule has 0 radical (unpaired) electrons. The van der Waals surface area contributed by atoms with E-state index in [0.29, 0.717) is 12.2 Å². The van der Waals surface area contributed by atoms with Gasteiger partial charge in [0.2, 0.25) is 5.91 Å². The van der Waals surface area contributed by atoms with Crippen LogP contribution in [0, 0.1) is 6.92 Å². The molecule has 0 aromatic heterocycles. The molecule has 0 unspecified atom stereocenters. The zero-order valence-electron chi connectivity index (χ0n) is 8.54. The normalized spacial score (nSPS) is 10.1. The monoisotopic (exact) mass is 193 g/mol. The number of amides is 1. The summed E-state index contributed by atoms with van der Waals surface area (Å²) in [5.74, 6) is -0.375. The Morgan fingerprint density at radius 2 is 2.21 bits per heavy atom. The van der Waals surface area contributed by atoms with Gasteiger partial charge in [0.05, 0.1) is 6.61 Å². The third kappa shape index (κ3) is 2.33. The highest BCUT2D eigenvalue weighted by molar-refractivity contribution is 5.94. The van der Waals surface area contributed by atoms with Crippen LogP contribution in [0.5, 0.6) is 0 Å². The van der Waals surface area contributed by atoms with Gasteiger partial charge >= 0.3 is 0 Å². The third-order valence-corrected chi connectivity index (χ3v) is 2.23. The number of ether oxygens (including phenoxy) is 1. The fourth-order valence-electron chi connectivity index (χ4n) is 1.47. The summed E-state index contributed by atoms with van der Waals surface area (Å²) in [5, 5.41) is 0. The van der Waals surface area contributed by atoms with Gasteiger partial charge in [-0.3, -0.25) is 4.79 Å². The van der Waals surface area contributed by atoms with Crippen molar-refractivity contribution in [1.82, 2.24) is 0 Å². The summed E-state index contributed by atoms with van der Waals surface area (Å²) in [4.78, 5) is 11.1. The first-order valence-corrected chi connectivity index (χ1v) is 4.54. The first-order valence-electron chi connectivity index (χ1n) is 4.54. The van der Waals surface area contributed by atoms with Crippen LogP contribution in [-0.2, 0) is 11.2 Å². The molecule has 2 N–H and O–H groups in total. The molecule has 1 rings (SSSR count). The summed E-state index contributed by atoms with van der Waals surface area (Å²) in [5.41, 5.74) is 7.94. The zero-order valence-corrected chi connectivity index (χ0v) is 8.54. The van der Waals surface area contributed by atoms with Crippen molar-refractivity contribution >= 4 is 5.91 Å². The number of rotatable bonds is 4. The molecular formula is C11H15NO2. The van der Waals surface area contributed by atoms with E-state index >= 15 is 0 Å². The molecule has 3 heteroatoms. The number of hydrogen-bond acceptors (Lipinski definition) is 2. The van der Waals surface area contributed by atoms with Crippen molar-refractivity contribution in [2.45, 2.75) is 13.3 Å². The van der Waals surface area contributed by atoms with Crippen LogP contribution in [0.2, 0.25) is 0 Å². The van der Waals surface area contributed by atoms with Gasteiger partial charge in [0, 0.05) is 12.7 Å². The molecule has 14 heavy (non-hydrogen) atoms. The fourth-order valence-corrected chi connectivity index (χ4v) is 1.47. The quantitative estimate of drug-likeness (QED) is 0.783. The number of benzene rings is 1. The SMILES string of the molecule is COCCc1c(C)cccc1C(N)=O. The van der Waals surface area contributed by atoms with Gasteiger partial charge < -0.3 is 10.5 Å². The molecule has 0 heterocycles. The van der Waals surface area contributed by atoms with Gasteiger partial charge in [-0.25, -0.2) is 0 Å². The van der Waals surface area contributed by atoms with Crippen molar-refractivity contribution < 1.29 is 9.53 Å². The van der Waals surface area contributed by atoms with Crippen LogP contribution in [-0.4, -0.2) is 19.6 Å². The van der Waals surface area contributed by atoms with Crippen LogP contribution in [0.3, 0.4) is 0 Å². The minimum absolute atomic E-state index is 0.375. The van der Waals surface area contributed by atoms with E-state index in [0.717, 1.165) is 17.5 Å². The van der Waals surface area contributed by atoms with Crippen molar-refractivity contribution in [3.8, 4) is 0 Å². The number of hydrogen-bond donors (Lipinski definition) is 1.